The van der Waals surface area contributed by atoms with Crippen LogP contribution in [-0.2, 0) is 17.6 Å². The van der Waals surface area contributed by atoms with Crippen molar-refractivity contribution in [1.82, 2.24) is 10.3 Å². The fraction of sp³-hybridized carbons (Fsp3) is 0.370. The molecule has 8 heteroatoms. The number of rotatable bonds is 10. The number of hydrogen-bond acceptors (Lipinski definition) is 6. The summed E-state index contributed by atoms with van der Waals surface area (Å²) in [6.45, 7) is 5.36. The molecule has 0 radical (unpaired) electrons. The molecule has 186 valence electrons. The quantitative estimate of drug-likeness (QED) is 0.362. The van der Waals surface area contributed by atoms with Crippen LogP contribution in [0.15, 0.2) is 66.9 Å². The number of amides is 1. The molecule has 1 heterocycles. The maximum atomic E-state index is 12.6. The predicted octanol–water partition coefficient (Wildman–Crippen LogP) is 5.05. The van der Waals surface area contributed by atoms with Crippen molar-refractivity contribution in [3.8, 4) is 0 Å². The summed E-state index contributed by atoms with van der Waals surface area (Å²) >= 11 is 1.11. The molecule has 0 spiro atoms. The van der Waals surface area contributed by atoms with E-state index < -0.39 is 29.8 Å². The molecule has 0 aliphatic carbocycles. The second kappa shape index (κ2) is 12.0. The minimum atomic E-state index is -1.03. The van der Waals surface area contributed by atoms with Crippen molar-refractivity contribution in [3.05, 3.63) is 87.9 Å². The standard InChI is InChI=1S/C27H32N2O5S/c1-27(2,3)34-26(33)29-21(15-19-12-8-5-9-13-19)22(30)16-20(14-18-10-6-4-7-11-18)24-28-17-23(35-24)25(31)32/h4-13,17,20-22,30H,14-16H2,1-3H3,(H,29,33)(H,31,32)/t20-,21+,22+/m1/s1. The average Bonchev–Trinajstić information content (AvgIpc) is 3.29. The van der Waals surface area contributed by atoms with Crippen LogP contribution in [0.3, 0.4) is 0 Å². The van der Waals surface area contributed by atoms with Gasteiger partial charge in [0.1, 0.15) is 10.5 Å². The van der Waals surface area contributed by atoms with Crippen molar-refractivity contribution in [3.63, 3.8) is 0 Å². The summed E-state index contributed by atoms with van der Waals surface area (Å²) < 4.78 is 5.43. The van der Waals surface area contributed by atoms with Crippen molar-refractivity contribution in [2.75, 3.05) is 0 Å². The van der Waals surface area contributed by atoms with E-state index in [1.807, 2.05) is 60.7 Å². The van der Waals surface area contributed by atoms with E-state index in [9.17, 15) is 19.8 Å². The normalized spacial score (nSPS) is 14.1. The molecule has 0 saturated heterocycles. The number of carboxylic acids is 1. The SMILES string of the molecule is CC(C)(C)OC(=O)N[C@@H](Cc1ccccc1)[C@@H](O)C[C@@H](Cc1ccccc1)c1ncc(C(=O)O)s1. The number of ether oxygens (including phenoxy) is 1. The summed E-state index contributed by atoms with van der Waals surface area (Å²) in [5.41, 5.74) is 1.35. The second-order valence-corrected chi connectivity index (χ2v) is 10.6. The fourth-order valence-electron chi connectivity index (χ4n) is 3.81. The van der Waals surface area contributed by atoms with Gasteiger partial charge in [0.05, 0.1) is 23.4 Å². The Morgan fingerprint density at radius 2 is 1.57 bits per heavy atom. The summed E-state index contributed by atoms with van der Waals surface area (Å²) in [6.07, 6.45) is 1.11. The number of nitrogens with one attached hydrogen (secondary N) is 1. The van der Waals surface area contributed by atoms with E-state index in [0.717, 1.165) is 22.5 Å². The van der Waals surface area contributed by atoms with E-state index in [2.05, 4.69) is 10.3 Å². The van der Waals surface area contributed by atoms with Gasteiger partial charge in [-0.25, -0.2) is 14.6 Å². The molecule has 3 atom stereocenters. The number of aromatic nitrogens is 1. The Bertz CT molecular complexity index is 1100. The highest BCUT2D eigenvalue weighted by molar-refractivity contribution is 7.13. The molecule has 3 N–H and O–H groups in total. The number of carbonyl (C=O) groups excluding carboxylic acids is 1. The van der Waals surface area contributed by atoms with Crippen LogP contribution in [0.1, 0.15) is 58.9 Å². The van der Waals surface area contributed by atoms with E-state index in [-0.39, 0.29) is 17.2 Å². The summed E-state index contributed by atoms with van der Waals surface area (Å²) in [6, 6.07) is 18.8. The van der Waals surface area contributed by atoms with E-state index in [4.69, 9.17) is 4.74 Å². The average molecular weight is 497 g/mol. The number of carboxylic acid groups (broad SMARTS) is 1. The van der Waals surface area contributed by atoms with Gasteiger partial charge < -0.3 is 20.3 Å². The molecule has 35 heavy (non-hydrogen) atoms. The molecule has 0 unspecified atom stereocenters. The van der Waals surface area contributed by atoms with Crippen molar-refractivity contribution >= 4 is 23.4 Å². The Kier molecular flexibility index (Phi) is 9.01. The van der Waals surface area contributed by atoms with Crippen LogP contribution < -0.4 is 5.32 Å². The topological polar surface area (TPSA) is 109 Å². The van der Waals surface area contributed by atoms with Crippen molar-refractivity contribution < 1.29 is 24.5 Å². The molecule has 0 aliphatic heterocycles. The number of nitrogens with zero attached hydrogens (tertiary/aromatic N) is 1. The number of hydrogen-bond donors (Lipinski definition) is 3. The fourth-order valence-corrected chi connectivity index (χ4v) is 4.68. The van der Waals surface area contributed by atoms with E-state index >= 15 is 0 Å². The lowest BCUT2D eigenvalue weighted by Gasteiger charge is -2.29. The molecule has 2 aromatic carbocycles. The predicted molar refractivity (Wildman–Crippen MR) is 136 cm³/mol. The van der Waals surface area contributed by atoms with Crippen molar-refractivity contribution in [2.45, 2.75) is 63.7 Å². The van der Waals surface area contributed by atoms with Gasteiger partial charge in [0, 0.05) is 5.92 Å². The van der Waals surface area contributed by atoms with Gasteiger partial charge in [-0.2, -0.15) is 0 Å². The zero-order valence-electron chi connectivity index (χ0n) is 20.2. The minimum absolute atomic E-state index is 0.153. The maximum Gasteiger partial charge on any atom is 0.407 e. The van der Waals surface area contributed by atoms with Gasteiger partial charge in [0.15, 0.2) is 0 Å². The highest BCUT2D eigenvalue weighted by Crippen LogP contribution is 2.30. The zero-order valence-corrected chi connectivity index (χ0v) is 21.0. The van der Waals surface area contributed by atoms with E-state index in [1.165, 1.54) is 6.20 Å². The molecule has 7 nitrogen and oxygen atoms in total. The third-order valence-corrected chi connectivity index (χ3v) is 6.55. The van der Waals surface area contributed by atoms with Crippen LogP contribution in [-0.4, -0.2) is 45.0 Å². The van der Waals surface area contributed by atoms with Crippen LogP contribution in [0.5, 0.6) is 0 Å². The number of thiazole rings is 1. The van der Waals surface area contributed by atoms with Crippen molar-refractivity contribution in [1.29, 1.82) is 0 Å². The van der Waals surface area contributed by atoms with Gasteiger partial charge >= 0.3 is 12.1 Å². The number of benzene rings is 2. The highest BCUT2D eigenvalue weighted by atomic mass is 32.1. The Morgan fingerprint density at radius 3 is 2.09 bits per heavy atom. The number of aliphatic hydroxyl groups is 1. The van der Waals surface area contributed by atoms with Gasteiger partial charge in [-0.3, -0.25) is 0 Å². The third kappa shape index (κ3) is 8.49. The molecule has 0 fully saturated rings. The summed E-state index contributed by atoms with van der Waals surface area (Å²) in [7, 11) is 0. The first-order valence-electron chi connectivity index (χ1n) is 11.5. The lowest BCUT2D eigenvalue weighted by molar-refractivity contribution is 0.0404. The van der Waals surface area contributed by atoms with Gasteiger partial charge in [-0.1, -0.05) is 60.7 Å². The first-order valence-corrected chi connectivity index (χ1v) is 12.4. The number of aliphatic hydroxyl groups excluding tert-OH is 1. The summed E-state index contributed by atoms with van der Waals surface area (Å²) in [4.78, 5) is 28.5. The van der Waals surface area contributed by atoms with Crippen LogP contribution >= 0.6 is 11.3 Å². The minimum Gasteiger partial charge on any atom is -0.477 e. The molecule has 0 saturated carbocycles. The van der Waals surface area contributed by atoms with Crippen LogP contribution in [0.25, 0.3) is 0 Å². The maximum absolute atomic E-state index is 12.6. The monoisotopic (exact) mass is 496 g/mol. The van der Waals surface area contributed by atoms with Gasteiger partial charge in [0.25, 0.3) is 0 Å². The molecular weight excluding hydrogens is 464 g/mol. The van der Waals surface area contributed by atoms with Crippen LogP contribution in [0.4, 0.5) is 4.79 Å². The van der Waals surface area contributed by atoms with Crippen LogP contribution in [0.2, 0.25) is 0 Å². The Balaban J connectivity index is 1.84. The van der Waals surface area contributed by atoms with Gasteiger partial charge in [-0.15, -0.1) is 11.3 Å². The van der Waals surface area contributed by atoms with E-state index in [1.54, 1.807) is 20.8 Å². The number of carbonyl (C=O) groups is 2. The van der Waals surface area contributed by atoms with Gasteiger partial charge in [-0.05, 0) is 51.2 Å². The van der Waals surface area contributed by atoms with Crippen molar-refractivity contribution in [2.24, 2.45) is 0 Å². The van der Waals surface area contributed by atoms with Crippen LogP contribution in [0, 0.1) is 0 Å². The molecule has 3 rings (SSSR count). The smallest absolute Gasteiger partial charge is 0.407 e. The summed E-state index contributed by atoms with van der Waals surface area (Å²) in [5, 5.41) is 24.2. The Labute approximate surface area is 209 Å². The lowest BCUT2D eigenvalue weighted by atomic mass is 9.89. The first-order chi connectivity index (χ1) is 16.6. The number of aromatic carboxylic acids is 1. The molecule has 0 bridgehead atoms. The molecule has 1 amide bonds. The second-order valence-electron chi connectivity index (χ2n) is 9.50. The Morgan fingerprint density at radius 1 is 1.00 bits per heavy atom. The number of alkyl carbamates (subject to hydrolysis) is 1. The first kappa shape index (κ1) is 26.4. The molecule has 0 aliphatic rings. The van der Waals surface area contributed by atoms with Gasteiger partial charge in [0.2, 0.25) is 0 Å². The molecular formula is C27H32N2O5S. The van der Waals surface area contributed by atoms with E-state index in [0.29, 0.717) is 17.8 Å². The largest absolute Gasteiger partial charge is 0.477 e. The highest BCUT2D eigenvalue weighted by Gasteiger charge is 2.29. The summed E-state index contributed by atoms with van der Waals surface area (Å²) in [5.74, 6) is -1.26. The lowest BCUT2D eigenvalue weighted by Crippen LogP contribution is -2.47. The Hall–Kier alpha value is -3.23. The zero-order chi connectivity index (χ0) is 25.4. The molecule has 3 aromatic rings. The molecule has 1 aromatic heterocycles. The third-order valence-electron chi connectivity index (χ3n) is 5.40.